The van der Waals surface area contributed by atoms with Crippen molar-refractivity contribution >= 4 is 23.3 Å². The lowest BCUT2D eigenvalue weighted by molar-refractivity contribution is 0.0599. The summed E-state index contributed by atoms with van der Waals surface area (Å²) in [6.45, 7) is 13.7. The van der Waals surface area contributed by atoms with Gasteiger partial charge in [-0.15, -0.1) is 0 Å². The molecule has 5 aromatic rings. The predicted molar refractivity (Wildman–Crippen MR) is 224 cm³/mol. The van der Waals surface area contributed by atoms with Gasteiger partial charge in [-0.3, -0.25) is 4.79 Å². The van der Waals surface area contributed by atoms with Crippen LogP contribution in [0, 0.1) is 6.92 Å². The normalized spacial score (nSPS) is 13.0. The average Bonchev–Trinajstić information content (AvgIpc) is 3.24. The number of carbonyl (C=O) groups is 2. The molecule has 1 aliphatic heterocycles. The van der Waals surface area contributed by atoms with E-state index in [1.807, 2.05) is 117 Å². The van der Waals surface area contributed by atoms with Crippen molar-refractivity contribution < 1.29 is 28.5 Å². The maximum absolute atomic E-state index is 14.7. The zero-order chi connectivity index (χ0) is 39.6. The number of carbonyl (C=O) groups excluding carboxylic acids is 2. The van der Waals surface area contributed by atoms with E-state index in [1.54, 1.807) is 4.90 Å². The highest BCUT2D eigenvalue weighted by atomic mass is 16.5. The van der Waals surface area contributed by atoms with Gasteiger partial charge in [0.1, 0.15) is 24.7 Å². The minimum Gasteiger partial charge on any atom is -0.488 e. The highest BCUT2D eigenvalue weighted by Crippen LogP contribution is 2.38. The second-order valence-corrected chi connectivity index (χ2v) is 14.5. The molecule has 1 fully saturated rings. The van der Waals surface area contributed by atoms with Crippen molar-refractivity contribution in [2.75, 3.05) is 43.2 Å². The highest BCUT2D eigenvalue weighted by Gasteiger charge is 2.27. The molecule has 0 bridgehead atoms. The molecule has 56 heavy (non-hydrogen) atoms. The molecule has 1 heterocycles. The third kappa shape index (κ3) is 9.25. The Labute approximate surface area is 332 Å². The Balaban J connectivity index is 1.34. The molecule has 5 aromatic carbocycles. The maximum Gasteiger partial charge on any atom is 0.338 e. The first-order chi connectivity index (χ1) is 27.2. The van der Waals surface area contributed by atoms with Crippen LogP contribution in [-0.2, 0) is 22.7 Å². The van der Waals surface area contributed by atoms with Gasteiger partial charge >= 0.3 is 5.97 Å². The van der Waals surface area contributed by atoms with Crippen LogP contribution in [0.15, 0.2) is 109 Å². The summed E-state index contributed by atoms with van der Waals surface area (Å²) in [5.74, 6) is 0.720. The van der Waals surface area contributed by atoms with Gasteiger partial charge < -0.3 is 28.7 Å². The van der Waals surface area contributed by atoms with Gasteiger partial charge in [-0.25, -0.2) is 4.79 Å². The van der Waals surface area contributed by atoms with Crippen LogP contribution >= 0.6 is 0 Å². The number of hydrogen-bond donors (Lipinski definition) is 0. The lowest BCUT2D eigenvalue weighted by atomic mass is 9.95. The first kappa shape index (κ1) is 40.1. The number of hydrogen-bond acceptors (Lipinski definition) is 7. The summed E-state index contributed by atoms with van der Waals surface area (Å²) >= 11 is 0. The fraction of sp³-hybridized carbons (Fsp3) is 0.333. The number of anilines is 2. The third-order valence-corrected chi connectivity index (χ3v) is 10.6. The first-order valence-corrected chi connectivity index (χ1v) is 19.7. The fourth-order valence-corrected chi connectivity index (χ4v) is 7.44. The number of methoxy groups -OCH3 is 1. The van der Waals surface area contributed by atoms with Crippen molar-refractivity contribution in [2.24, 2.45) is 0 Å². The molecule has 8 nitrogen and oxygen atoms in total. The van der Waals surface area contributed by atoms with E-state index in [4.69, 9.17) is 18.9 Å². The molecule has 0 aliphatic carbocycles. The summed E-state index contributed by atoms with van der Waals surface area (Å²) in [5, 5.41) is 0. The van der Waals surface area contributed by atoms with E-state index in [2.05, 4.69) is 31.7 Å². The van der Waals surface area contributed by atoms with Crippen LogP contribution in [-0.4, -0.2) is 51.3 Å². The molecule has 0 radical (unpaired) electrons. The molecule has 0 atom stereocenters. The number of rotatable bonds is 15. The quantitative estimate of drug-likeness (QED) is 0.0985. The van der Waals surface area contributed by atoms with Crippen LogP contribution in [0.2, 0.25) is 0 Å². The molecule has 8 heteroatoms. The van der Waals surface area contributed by atoms with E-state index < -0.39 is 0 Å². The van der Waals surface area contributed by atoms with Gasteiger partial charge in [0.2, 0.25) is 0 Å². The summed E-state index contributed by atoms with van der Waals surface area (Å²) in [6, 6.07) is 36.2. The van der Waals surface area contributed by atoms with Gasteiger partial charge in [0.15, 0.2) is 0 Å². The van der Waals surface area contributed by atoms with Gasteiger partial charge in [-0.05, 0) is 103 Å². The SMILES string of the molecule is CCN(C(=O)c1cc(C(C)C)c(OCc2ccccc2)cc1OCc1ccccc1)c1ccc(-c2cc(C(=O)OC)c(C)c(N(CC)C3CCOCC3)c2)cc1. The second kappa shape index (κ2) is 18.8. The molecule has 1 amide bonds. The summed E-state index contributed by atoms with van der Waals surface area (Å²) in [6.07, 6.45) is 1.86. The third-order valence-electron chi connectivity index (χ3n) is 10.6. The van der Waals surface area contributed by atoms with Gasteiger partial charge in [0.05, 0.1) is 18.2 Å². The van der Waals surface area contributed by atoms with Crippen LogP contribution in [0.1, 0.15) is 89.4 Å². The highest BCUT2D eigenvalue weighted by molar-refractivity contribution is 6.08. The van der Waals surface area contributed by atoms with E-state index in [0.717, 1.165) is 77.4 Å². The Bertz CT molecular complexity index is 2080. The van der Waals surface area contributed by atoms with Gasteiger partial charge in [0.25, 0.3) is 5.91 Å². The Hall–Kier alpha value is -5.60. The Morgan fingerprint density at radius 3 is 1.89 bits per heavy atom. The van der Waals surface area contributed by atoms with Crippen LogP contribution in [0.3, 0.4) is 0 Å². The lowest BCUT2D eigenvalue weighted by Gasteiger charge is -2.37. The Morgan fingerprint density at radius 1 is 0.732 bits per heavy atom. The molecule has 6 rings (SSSR count). The van der Waals surface area contributed by atoms with E-state index in [-0.39, 0.29) is 17.8 Å². The van der Waals surface area contributed by atoms with Crippen molar-refractivity contribution in [2.45, 2.75) is 72.6 Å². The minimum absolute atomic E-state index is 0.0919. The van der Waals surface area contributed by atoms with E-state index >= 15 is 0 Å². The fourth-order valence-electron chi connectivity index (χ4n) is 7.44. The minimum atomic E-state index is -0.365. The zero-order valence-electron chi connectivity index (χ0n) is 33.5. The van der Waals surface area contributed by atoms with Crippen molar-refractivity contribution in [3.8, 4) is 22.6 Å². The van der Waals surface area contributed by atoms with Crippen molar-refractivity contribution in [3.05, 3.63) is 143 Å². The number of benzene rings is 5. The van der Waals surface area contributed by atoms with E-state index in [9.17, 15) is 9.59 Å². The molecule has 0 N–H and O–H groups in total. The van der Waals surface area contributed by atoms with Gasteiger partial charge in [0, 0.05) is 49.8 Å². The summed E-state index contributed by atoms with van der Waals surface area (Å²) in [5.41, 5.74) is 8.51. The molecular formula is C48H54N2O6. The molecule has 0 saturated carbocycles. The average molecular weight is 755 g/mol. The topological polar surface area (TPSA) is 77.5 Å². The van der Waals surface area contributed by atoms with E-state index in [0.29, 0.717) is 48.4 Å². The van der Waals surface area contributed by atoms with Crippen LogP contribution in [0.5, 0.6) is 11.5 Å². The molecule has 292 valence electrons. The van der Waals surface area contributed by atoms with Gasteiger partial charge in [-0.2, -0.15) is 0 Å². The molecule has 0 spiro atoms. The summed E-state index contributed by atoms with van der Waals surface area (Å²) in [4.78, 5) is 31.9. The van der Waals surface area contributed by atoms with E-state index in [1.165, 1.54) is 7.11 Å². The summed E-state index contributed by atoms with van der Waals surface area (Å²) in [7, 11) is 1.42. The number of ether oxygens (including phenoxy) is 4. The first-order valence-electron chi connectivity index (χ1n) is 19.7. The number of nitrogens with zero attached hydrogens (tertiary/aromatic N) is 2. The second-order valence-electron chi connectivity index (χ2n) is 14.5. The molecule has 0 unspecified atom stereocenters. The molecular weight excluding hydrogens is 701 g/mol. The van der Waals surface area contributed by atoms with Crippen molar-refractivity contribution in [1.29, 1.82) is 0 Å². The number of esters is 1. The molecule has 0 aromatic heterocycles. The lowest BCUT2D eigenvalue weighted by Crippen LogP contribution is -2.40. The smallest absolute Gasteiger partial charge is 0.338 e. The van der Waals surface area contributed by atoms with Crippen LogP contribution < -0.4 is 19.3 Å². The predicted octanol–water partition coefficient (Wildman–Crippen LogP) is 10.4. The standard InChI is InChI=1S/C48H54N2O6/c1-7-49(40-23-25-54-26-24-40)44-28-38(27-42(34(44)5)48(52)53-6)37-19-21-39(22-20-37)50(8-2)47(51)43-29-41(33(3)4)45(55-31-35-15-11-9-12-16-35)30-46(43)56-32-36-17-13-10-14-18-36/h9-22,27-30,33,40H,7-8,23-26,31-32H2,1-6H3. The zero-order valence-corrected chi connectivity index (χ0v) is 33.5. The largest absolute Gasteiger partial charge is 0.488 e. The summed E-state index contributed by atoms with van der Waals surface area (Å²) < 4.78 is 23.7. The maximum atomic E-state index is 14.7. The Kier molecular flexibility index (Phi) is 13.5. The van der Waals surface area contributed by atoms with Crippen LogP contribution in [0.4, 0.5) is 11.4 Å². The van der Waals surface area contributed by atoms with Crippen LogP contribution in [0.25, 0.3) is 11.1 Å². The van der Waals surface area contributed by atoms with Crippen molar-refractivity contribution in [3.63, 3.8) is 0 Å². The van der Waals surface area contributed by atoms with Gasteiger partial charge in [-0.1, -0.05) is 86.6 Å². The molecule has 1 aliphatic rings. The monoisotopic (exact) mass is 754 g/mol. The Morgan fingerprint density at radius 2 is 1.34 bits per heavy atom. The number of amides is 1. The van der Waals surface area contributed by atoms with Crippen molar-refractivity contribution in [1.82, 2.24) is 0 Å². The molecule has 1 saturated heterocycles.